The molecule has 3 aromatic carbocycles. The number of hydrogen-bond acceptors (Lipinski definition) is 6. The molecule has 10 heteroatoms. The minimum absolute atomic E-state index is 0.109. The summed E-state index contributed by atoms with van der Waals surface area (Å²) in [6.45, 7) is 2.10. The first kappa shape index (κ1) is 23.8. The number of halogens is 1. The Morgan fingerprint density at radius 2 is 1.54 bits per heavy atom. The van der Waals surface area contributed by atoms with Gasteiger partial charge in [0.25, 0.3) is 0 Å². The van der Waals surface area contributed by atoms with Gasteiger partial charge < -0.3 is 15.2 Å². The average molecular weight is 493 g/mol. The lowest BCUT2D eigenvalue weighted by atomic mass is 10.2. The van der Waals surface area contributed by atoms with Crippen LogP contribution in [0, 0.1) is 0 Å². The molecule has 9 nitrogen and oxygen atoms in total. The third-order valence-corrected chi connectivity index (χ3v) is 5.42. The lowest BCUT2D eigenvalue weighted by Crippen LogP contribution is -2.42. The largest absolute Gasteiger partial charge is 0.478 e. The highest BCUT2D eigenvalue weighted by Crippen LogP contribution is 2.24. The molecule has 2 N–H and O–H groups in total. The van der Waals surface area contributed by atoms with Crippen molar-refractivity contribution >= 4 is 29.2 Å². The summed E-state index contributed by atoms with van der Waals surface area (Å²) in [5, 5.41) is 12.6. The maximum Gasteiger partial charge on any atom is 0.354 e. The van der Waals surface area contributed by atoms with E-state index in [-0.39, 0.29) is 24.6 Å². The topological polar surface area (TPSA) is 115 Å². The van der Waals surface area contributed by atoms with Crippen LogP contribution in [0.1, 0.15) is 22.8 Å². The number of aromatic carboxylic acids is 1. The van der Waals surface area contributed by atoms with E-state index in [1.807, 2.05) is 0 Å². The third kappa shape index (κ3) is 5.59. The van der Waals surface area contributed by atoms with Gasteiger partial charge >= 0.3 is 17.3 Å². The van der Waals surface area contributed by atoms with E-state index in [0.717, 1.165) is 10.1 Å². The van der Waals surface area contributed by atoms with Gasteiger partial charge in [-0.2, -0.15) is 4.98 Å². The van der Waals surface area contributed by atoms with E-state index in [2.05, 4.69) is 10.3 Å². The summed E-state index contributed by atoms with van der Waals surface area (Å²) >= 11 is 5.96. The molecule has 35 heavy (non-hydrogen) atoms. The van der Waals surface area contributed by atoms with Crippen molar-refractivity contribution in [1.29, 1.82) is 0 Å². The fraction of sp³-hybridized carbons (Fsp3) is 0.120. The Bertz CT molecular complexity index is 1460. The number of nitrogens with one attached hydrogen (secondary N) is 1. The maximum absolute atomic E-state index is 13.0. The molecule has 1 aromatic heterocycles. The zero-order valence-corrected chi connectivity index (χ0v) is 19.4. The summed E-state index contributed by atoms with van der Waals surface area (Å²) < 4.78 is 8.20. The summed E-state index contributed by atoms with van der Waals surface area (Å²) in [5.74, 6) is 0.100. The van der Waals surface area contributed by atoms with Crippen molar-refractivity contribution in [2.75, 3.05) is 5.32 Å². The van der Waals surface area contributed by atoms with E-state index >= 15 is 0 Å². The molecular formula is C25H21ClN4O5. The molecule has 1 heterocycles. The van der Waals surface area contributed by atoms with Gasteiger partial charge in [-0.3, -0.25) is 4.57 Å². The second-order valence-electron chi connectivity index (χ2n) is 7.54. The number of carboxylic acid groups (broad SMARTS) is 1. The Balaban J connectivity index is 1.58. The average Bonchev–Trinajstić information content (AvgIpc) is 2.84. The van der Waals surface area contributed by atoms with E-state index in [9.17, 15) is 14.4 Å². The van der Waals surface area contributed by atoms with Gasteiger partial charge in [0.2, 0.25) is 5.95 Å². The summed E-state index contributed by atoms with van der Waals surface area (Å²) in [7, 11) is 0. The van der Waals surface area contributed by atoms with Crippen LogP contribution in [-0.4, -0.2) is 25.2 Å². The molecule has 0 saturated heterocycles. The fourth-order valence-electron chi connectivity index (χ4n) is 3.35. The summed E-state index contributed by atoms with van der Waals surface area (Å²) in [5.41, 5.74) is 0.454. The molecule has 0 atom stereocenters. The van der Waals surface area contributed by atoms with Crippen LogP contribution in [0.25, 0.3) is 0 Å². The number of carboxylic acids is 1. The van der Waals surface area contributed by atoms with E-state index < -0.39 is 17.3 Å². The quantitative estimate of drug-likeness (QED) is 0.375. The van der Waals surface area contributed by atoms with Crippen LogP contribution in [0.2, 0.25) is 5.02 Å². The number of aromatic nitrogens is 3. The standard InChI is InChI=1S/C25H21ClN4O5/c1-2-29-24(33)28-23(30(25(29)34)15-16-3-7-18(26)8-4-16)27-19-9-13-21(14-10-19)35-20-11-5-17(6-12-20)22(31)32/h3-14H,2,15H2,1H3,(H,31,32)(H,27,28,33). The fourth-order valence-corrected chi connectivity index (χ4v) is 3.47. The monoisotopic (exact) mass is 492 g/mol. The lowest BCUT2D eigenvalue weighted by Gasteiger charge is -2.15. The number of anilines is 2. The van der Waals surface area contributed by atoms with Crippen molar-refractivity contribution in [2.45, 2.75) is 20.0 Å². The van der Waals surface area contributed by atoms with Crippen molar-refractivity contribution < 1.29 is 14.6 Å². The molecule has 0 aliphatic heterocycles. The van der Waals surface area contributed by atoms with Crippen LogP contribution in [0.4, 0.5) is 11.6 Å². The van der Waals surface area contributed by atoms with Gasteiger partial charge in [0.1, 0.15) is 11.5 Å². The van der Waals surface area contributed by atoms with Crippen LogP contribution >= 0.6 is 11.6 Å². The Morgan fingerprint density at radius 3 is 2.11 bits per heavy atom. The van der Waals surface area contributed by atoms with E-state index in [1.54, 1.807) is 67.6 Å². The Kier molecular flexibility index (Phi) is 6.98. The van der Waals surface area contributed by atoms with Gasteiger partial charge in [0.05, 0.1) is 12.1 Å². The van der Waals surface area contributed by atoms with Crippen LogP contribution in [0.5, 0.6) is 11.5 Å². The van der Waals surface area contributed by atoms with Crippen molar-refractivity contribution in [3.63, 3.8) is 0 Å². The predicted octanol–water partition coefficient (Wildman–Crippen LogP) is 4.36. The molecule has 0 bridgehead atoms. The molecule has 0 saturated carbocycles. The summed E-state index contributed by atoms with van der Waals surface area (Å²) in [6, 6.07) is 19.9. The number of ether oxygens (including phenoxy) is 1. The molecule has 0 aliphatic carbocycles. The van der Waals surface area contributed by atoms with Crippen LogP contribution in [-0.2, 0) is 13.1 Å². The first-order valence-corrected chi connectivity index (χ1v) is 11.1. The number of benzene rings is 3. The summed E-state index contributed by atoms with van der Waals surface area (Å²) in [6.07, 6.45) is 0. The molecule has 0 spiro atoms. The molecule has 0 radical (unpaired) electrons. The SMILES string of the molecule is CCn1c(=O)nc(Nc2ccc(Oc3ccc(C(=O)O)cc3)cc2)n(Cc2ccc(Cl)cc2)c1=O. The van der Waals surface area contributed by atoms with Crippen molar-refractivity contribution in [1.82, 2.24) is 14.1 Å². The van der Waals surface area contributed by atoms with Crippen molar-refractivity contribution in [2.24, 2.45) is 0 Å². The maximum atomic E-state index is 13.0. The number of nitrogens with zero attached hydrogens (tertiary/aromatic N) is 3. The van der Waals surface area contributed by atoms with E-state index in [4.69, 9.17) is 21.4 Å². The molecule has 0 amide bonds. The predicted molar refractivity (Wildman–Crippen MR) is 132 cm³/mol. The minimum atomic E-state index is -1.01. The van der Waals surface area contributed by atoms with E-state index in [0.29, 0.717) is 22.2 Å². The van der Waals surface area contributed by atoms with Gasteiger partial charge in [-0.25, -0.2) is 19.0 Å². The van der Waals surface area contributed by atoms with Crippen LogP contribution in [0.15, 0.2) is 82.4 Å². The van der Waals surface area contributed by atoms with Crippen LogP contribution in [0.3, 0.4) is 0 Å². The molecule has 0 aliphatic rings. The zero-order chi connectivity index (χ0) is 24.9. The first-order valence-electron chi connectivity index (χ1n) is 10.7. The number of carbonyl (C=O) groups is 1. The molecule has 0 fully saturated rings. The van der Waals surface area contributed by atoms with Crippen molar-refractivity contribution in [3.05, 3.63) is 110 Å². The smallest absolute Gasteiger partial charge is 0.354 e. The third-order valence-electron chi connectivity index (χ3n) is 5.17. The van der Waals surface area contributed by atoms with Gasteiger partial charge in [0, 0.05) is 17.3 Å². The molecule has 4 rings (SSSR count). The molecule has 0 unspecified atom stereocenters. The molecule has 178 valence electrons. The normalized spacial score (nSPS) is 10.7. The highest BCUT2D eigenvalue weighted by Gasteiger charge is 2.13. The zero-order valence-electron chi connectivity index (χ0n) is 18.6. The molecule has 4 aromatic rings. The van der Waals surface area contributed by atoms with E-state index in [1.165, 1.54) is 16.7 Å². The highest BCUT2D eigenvalue weighted by atomic mass is 35.5. The van der Waals surface area contributed by atoms with Crippen LogP contribution < -0.4 is 21.4 Å². The lowest BCUT2D eigenvalue weighted by molar-refractivity contribution is 0.0697. The highest BCUT2D eigenvalue weighted by molar-refractivity contribution is 6.30. The van der Waals surface area contributed by atoms with Gasteiger partial charge in [-0.15, -0.1) is 0 Å². The van der Waals surface area contributed by atoms with Crippen molar-refractivity contribution in [3.8, 4) is 11.5 Å². The number of hydrogen-bond donors (Lipinski definition) is 2. The first-order chi connectivity index (χ1) is 16.8. The Morgan fingerprint density at radius 1 is 0.943 bits per heavy atom. The second kappa shape index (κ2) is 10.3. The number of rotatable bonds is 8. The Hall–Kier alpha value is -4.37. The summed E-state index contributed by atoms with van der Waals surface area (Å²) in [4.78, 5) is 40.4. The minimum Gasteiger partial charge on any atom is -0.478 e. The Labute approximate surface area is 204 Å². The van der Waals surface area contributed by atoms with Gasteiger partial charge in [-0.05, 0) is 73.2 Å². The van der Waals surface area contributed by atoms with Gasteiger partial charge in [0.15, 0.2) is 0 Å². The second-order valence-corrected chi connectivity index (χ2v) is 7.97. The van der Waals surface area contributed by atoms with Gasteiger partial charge in [-0.1, -0.05) is 23.7 Å². The molecular weight excluding hydrogens is 472 g/mol.